The van der Waals surface area contributed by atoms with Crippen LogP contribution in [0.3, 0.4) is 0 Å². The highest BCUT2D eigenvalue weighted by atomic mass is 79.9. The quantitative estimate of drug-likeness (QED) is 0.823. The van der Waals surface area contributed by atoms with E-state index in [1.165, 1.54) is 12.0 Å². The standard InChI is InChI=1S/C10H12BrN/c11-9-3-1-7(2-4-9)10-5-8(10)6-12/h1-4,8,10H,5-6,12H2/t8-,10-/m1/s1. The summed E-state index contributed by atoms with van der Waals surface area (Å²) in [6, 6.07) is 8.57. The average Bonchev–Trinajstić information content (AvgIpc) is 2.85. The van der Waals surface area contributed by atoms with Crippen molar-refractivity contribution in [2.24, 2.45) is 11.7 Å². The van der Waals surface area contributed by atoms with Gasteiger partial charge in [0.2, 0.25) is 0 Å². The van der Waals surface area contributed by atoms with Crippen LogP contribution in [0, 0.1) is 5.92 Å². The first-order valence-electron chi connectivity index (χ1n) is 4.27. The summed E-state index contributed by atoms with van der Waals surface area (Å²) >= 11 is 3.42. The number of halogens is 1. The molecule has 0 spiro atoms. The van der Waals surface area contributed by atoms with Crippen molar-refractivity contribution in [2.75, 3.05) is 6.54 Å². The van der Waals surface area contributed by atoms with Gasteiger partial charge in [0, 0.05) is 4.47 Å². The van der Waals surface area contributed by atoms with Gasteiger partial charge in [-0.1, -0.05) is 28.1 Å². The monoisotopic (exact) mass is 225 g/mol. The lowest BCUT2D eigenvalue weighted by Gasteiger charge is -1.98. The van der Waals surface area contributed by atoms with Gasteiger partial charge in [-0.3, -0.25) is 0 Å². The maximum absolute atomic E-state index is 5.58. The van der Waals surface area contributed by atoms with Gasteiger partial charge in [0.05, 0.1) is 0 Å². The number of hydrogen-bond acceptors (Lipinski definition) is 1. The van der Waals surface area contributed by atoms with Gasteiger partial charge in [0.25, 0.3) is 0 Å². The number of benzene rings is 1. The van der Waals surface area contributed by atoms with Crippen LogP contribution in [0.4, 0.5) is 0 Å². The zero-order valence-electron chi connectivity index (χ0n) is 6.83. The van der Waals surface area contributed by atoms with E-state index in [9.17, 15) is 0 Å². The van der Waals surface area contributed by atoms with Crippen molar-refractivity contribution in [1.29, 1.82) is 0 Å². The Hall–Kier alpha value is -0.340. The summed E-state index contributed by atoms with van der Waals surface area (Å²) in [5.41, 5.74) is 7.02. The second-order valence-electron chi connectivity index (χ2n) is 3.39. The van der Waals surface area contributed by atoms with Crippen molar-refractivity contribution in [1.82, 2.24) is 0 Å². The van der Waals surface area contributed by atoms with Gasteiger partial charge in [-0.15, -0.1) is 0 Å². The van der Waals surface area contributed by atoms with Crippen LogP contribution in [-0.2, 0) is 0 Å². The highest BCUT2D eigenvalue weighted by Crippen LogP contribution is 2.46. The molecule has 64 valence electrons. The molecule has 0 aromatic heterocycles. The lowest BCUT2D eigenvalue weighted by Crippen LogP contribution is -2.01. The lowest BCUT2D eigenvalue weighted by atomic mass is 10.1. The molecule has 2 rings (SSSR count). The molecular formula is C10H12BrN. The molecule has 0 amide bonds. The summed E-state index contributed by atoms with van der Waals surface area (Å²) in [6.45, 7) is 0.834. The van der Waals surface area contributed by atoms with E-state index < -0.39 is 0 Å². The van der Waals surface area contributed by atoms with Crippen molar-refractivity contribution in [2.45, 2.75) is 12.3 Å². The fourth-order valence-corrected chi connectivity index (χ4v) is 1.89. The van der Waals surface area contributed by atoms with Crippen molar-refractivity contribution in [3.8, 4) is 0 Å². The van der Waals surface area contributed by atoms with E-state index in [0.29, 0.717) is 0 Å². The van der Waals surface area contributed by atoms with E-state index in [1.54, 1.807) is 0 Å². The molecule has 1 nitrogen and oxygen atoms in total. The van der Waals surface area contributed by atoms with Crippen LogP contribution in [0.2, 0.25) is 0 Å². The molecule has 2 atom stereocenters. The highest BCUT2D eigenvalue weighted by molar-refractivity contribution is 9.10. The number of rotatable bonds is 2. The molecular weight excluding hydrogens is 214 g/mol. The summed E-state index contributed by atoms with van der Waals surface area (Å²) in [5.74, 6) is 1.48. The van der Waals surface area contributed by atoms with Crippen molar-refractivity contribution >= 4 is 15.9 Å². The van der Waals surface area contributed by atoms with Crippen LogP contribution in [0.5, 0.6) is 0 Å². The van der Waals surface area contributed by atoms with Crippen LogP contribution < -0.4 is 5.73 Å². The summed E-state index contributed by atoms with van der Waals surface area (Å²) < 4.78 is 1.15. The Bertz CT molecular complexity index is 268. The van der Waals surface area contributed by atoms with Crippen LogP contribution in [0.1, 0.15) is 17.9 Å². The Balaban J connectivity index is 2.10. The van der Waals surface area contributed by atoms with E-state index in [0.717, 1.165) is 22.9 Å². The second kappa shape index (κ2) is 3.19. The Morgan fingerprint density at radius 2 is 2.00 bits per heavy atom. The van der Waals surface area contributed by atoms with Crippen LogP contribution in [0.25, 0.3) is 0 Å². The van der Waals surface area contributed by atoms with Gasteiger partial charge >= 0.3 is 0 Å². The minimum absolute atomic E-state index is 0.739. The summed E-state index contributed by atoms with van der Waals surface area (Å²) in [5, 5.41) is 0. The van der Waals surface area contributed by atoms with E-state index in [2.05, 4.69) is 40.2 Å². The molecule has 1 aliphatic rings. The van der Waals surface area contributed by atoms with E-state index >= 15 is 0 Å². The van der Waals surface area contributed by atoms with Crippen molar-refractivity contribution in [3.63, 3.8) is 0 Å². The van der Waals surface area contributed by atoms with Crippen LogP contribution >= 0.6 is 15.9 Å². The molecule has 0 saturated heterocycles. The van der Waals surface area contributed by atoms with E-state index in [4.69, 9.17) is 5.73 Å². The SMILES string of the molecule is NC[C@H]1C[C@@H]1c1ccc(Br)cc1. The van der Waals surface area contributed by atoms with E-state index in [-0.39, 0.29) is 0 Å². The predicted molar refractivity (Wildman–Crippen MR) is 54.0 cm³/mol. The first kappa shape index (κ1) is 8.27. The smallest absolute Gasteiger partial charge is 0.0175 e. The maximum Gasteiger partial charge on any atom is 0.0175 e. The Morgan fingerprint density at radius 1 is 1.33 bits per heavy atom. The Kier molecular flexibility index (Phi) is 2.20. The zero-order valence-corrected chi connectivity index (χ0v) is 8.42. The fraction of sp³-hybridized carbons (Fsp3) is 0.400. The van der Waals surface area contributed by atoms with Gasteiger partial charge in [0.15, 0.2) is 0 Å². The zero-order chi connectivity index (χ0) is 8.55. The van der Waals surface area contributed by atoms with E-state index in [1.807, 2.05) is 0 Å². The minimum Gasteiger partial charge on any atom is -0.330 e. The van der Waals surface area contributed by atoms with Crippen molar-refractivity contribution in [3.05, 3.63) is 34.3 Å². The number of nitrogens with two attached hydrogens (primary N) is 1. The molecule has 1 aliphatic carbocycles. The minimum atomic E-state index is 0.739. The molecule has 0 radical (unpaired) electrons. The molecule has 0 bridgehead atoms. The van der Waals surface area contributed by atoms with Crippen molar-refractivity contribution < 1.29 is 0 Å². The predicted octanol–water partition coefficient (Wildman–Crippen LogP) is 2.51. The van der Waals surface area contributed by atoms with Gasteiger partial charge < -0.3 is 5.73 Å². The molecule has 0 unspecified atom stereocenters. The highest BCUT2D eigenvalue weighted by Gasteiger charge is 2.36. The molecule has 2 heteroatoms. The molecule has 0 aliphatic heterocycles. The molecule has 1 fully saturated rings. The maximum atomic E-state index is 5.58. The third-order valence-corrected chi connectivity index (χ3v) is 3.05. The van der Waals surface area contributed by atoms with Crippen LogP contribution in [0.15, 0.2) is 28.7 Å². The molecule has 12 heavy (non-hydrogen) atoms. The summed E-state index contributed by atoms with van der Waals surface area (Å²) in [7, 11) is 0. The fourth-order valence-electron chi connectivity index (χ4n) is 1.63. The molecule has 1 aromatic rings. The lowest BCUT2D eigenvalue weighted by molar-refractivity contribution is 0.809. The third kappa shape index (κ3) is 1.54. The Morgan fingerprint density at radius 3 is 2.50 bits per heavy atom. The largest absolute Gasteiger partial charge is 0.330 e. The first-order chi connectivity index (χ1) is 5.81. The van der Waals surface area contributed by atoms with Crippen LogP contribution in [-0.4, -0.2) is 6.54 Å². The van der Waals surface area contributed by atoms with Gasteiger partial charge in [-0.25, -0.2) is 0 Å². The topological polar surface area (TPSA) is 26.0 Å². The molecule has 0 heterocycles. The molecule has 1 aromatic carbocycles. The number of hydrogen-bond donors (Lipinski definition) is 1. The van der Waals surface area contributed by atoms with Gasteiger partial charge in [0.1, 0.15) is 0 Å². The molecule has 2 N–H and O–H groups in total. The average molecular weight is 226 g/mol. The first-order valence-corrected chi connectivity index (χ1v) is 5.06. The second-order valence-corrected chi connectivity index (χ2v) is 4.31. The van der Waals surface area contributed by atoms with Gasteiger partial charge in [-0.05, 0) is 42.5 Å². The normalized spacial score (nSPS) is 27.2. The Labute approximate surface area is 81.1 Å². The summed E-state index contributed by atoms with van der Waals surface area (Å²) in [6.07, 6.45) is 1.28. The van der Waals surface area contributed by atoms with Gasteiger partial charge in [-0.2, -0.15) is 0 Å². The summed E-state index contributed by atoms with van der Waals surface area (Å²) in [4.78, 5) is 0. The molecule has 1 saturated carbocycles. The third-order valence-electron chi connectivity index (χ3n) is 2.52.